The summed E-state index contributed by atoms with van der Waals surface area (Å²) in [4.78, 5) is 15.9. The third kappa shape index (κ3) is 1.93. The SMILES string of the molecule is CCC(=O)n1cccc(O)/c1=N/OC. The maximum absolute atomic E-state index is 11.4. The minimum Gasteiger partial charge on any atom is -0.504 e. The molecule has 0 saturated carbocycles. The quantitative estimate of drug-likeness (QED) is 0.708. The second kappa shape index (κ2) is 4.45. The Morgan fingerprint density at radius 1 is 1.71 bits per heavy atom. The smallest absolute Gasteiger partial charge is 0.232 e. The highest BCUT2D eigenvalue weighted by molar-refractivity contribution is 5.78. The molecule has 5 nitrogen and oxygen atoms in total. The molecule has 0 fully saturated rings. The molecule has 1 rings (SSSR count). The van der Waals surface area contributed by atoms with Crippen molar-refractivity contribution in [2.24, 2.45) is 5.16 Å². The van der Waals surface area contributed by atoms with E-state index in [1.807, 2.05) is 0 Å². The number of pyridine rings is 1. The molecule has 0 unspecified atom stereocenters. The van der Waals surface area contributed by atoms with Crippen molar-refractivity contribution in [2.75, 3.05) is 7.11 Å². The van der Waals surface area contributed by atoms with Crippen LogP contribution in [0.4, 0.5) is 0 Å². The fourth-order valence-corrected chi connectivity index (χ4v) is 1.04. The number of hydrogen-bond donors (Lipinski definition) is 1. The van der Waals surface area contributed by atoms with Crippen LogP contribution in [0.25, 0.3) is 0 Å². The van der Waals surface area contributed by atoms with E-state index in [0.29, 0.717) is 6.42 Å². The molecule has 0 aliphatic carbocycles. The van der Waals surface area contributed by atoms with E-state index < -0.39 is 0 Å². The lowest BCUT2D eigenvalue weighted by Crippen LogP contribution is -2.26. The summed E-state index contributed by atoms with van der Waals surface area (Å²) in [6.07, 6.45) is 1.86. The first-order chi connectivity index (χ1) is 6.70. The average molecular weight is 196 g/mol. The summed E-state index contributed by atoms with van der Waals surface area (Å²) in [5.74, 6) is -0.243. The van der Waals surface area contributed by atoms with Crippen LogP contribution in [0, 0.1) is 0 Å². The number of nitrogens with zero attached hydrogens (tertiary/aromatic N) is 2. The Hall–Kier alpha value is -1.78. The predicted molar refractivity (Wildman–Crippen MR) is 49.6 cm³/mol. The van der Waals surface area contributed by atoms with Crippen LogP contribution in [0.1, 0.15) is 18.1 Å². The molecule has 76 valence electrons. The van der Waals surface area contributed by atoms with Gasteiger partial charge in [0, 0.05) is 12.6 Å². The average Bonchev–Trinajstić information content (AvgIpc) is 2.20. The molecule has 0 amide bonds. The van der Waals surface area contributed by atoms with Crippen LogP contribution in [0.2, 0.25) is 0 Å². The minimum absolute atomic E-state index is 0.0869. The van der Waals surface area contributed by atoms with Gasteiger partial charge in [0.25, 0.3) is 0 Å². The van der Waals surface area contributed by atoms with E-state index >= 15 is 0 Å². The standard InChI is InChI=1S/C9H12N2O3/c1-3-8(13)11-6-4-5-7(12)9(11)10-14-2/h4-6,12H,3H2,1-2H3/b10-9-. The van der Waals surface area contributed by atoms with Gasteiger partial charge in [-0.15, -0.1) is 0 Å². The van der Waals surface area contributed by atoms with E-state index in [-0.39, 0.29) is 17.1 Å². The number of rotatable bonds is 2. The number of carbonyl (C=O) groups excluding carboxylic acids is 1. The number of aromatic hydroxyl groups is 1. The first-order valence-corrected chi connectivity index (χ1v) is 4.21. The molecule has 0 bridgehead atoms. The number of carbonyl (C=O) groups is 1. The fourth-order valence-electron chi connectivity index (χ4n) is 1.04. The molecule has 1 aromatic rings. The highest BCUT2D eigenvalue weighted by Crippen LogP contribution is 1.99. The van der Waals surface area contributed by atoms with Gasteiger partial charge in [-0.1, -0.05) is 12.1 Å². The maximum atomic E-state index is 11.4. The summed E-state index contributed by atoms with van der Waals surface area (Å²) in [6, 6.07) is 3.01. The van der Waals surface area contributed by atoms with Crippen molar-refractivity contribution in [3.63, 3.8) is 0 Å². The van der Waals surface area contributed by atoms with Gasteiger partial charge in [-0.05, 0) is 12.1 Å². The van der Waals surface area contributed by atoms with E-state index in [1.54, 1.807) is 13.0 Å². The molecule has 0 spiro atoms. The third-order valence-corrected chi connectivity index (χ3v) is 1.70. The maximum Gasteiger partial charge on any atom is 0.232 e. The van der Waals surface area contributed by atoms with Crippen molar-refractivity contribution in [3.05, 3.63) is 23.8 Å². The van der Waals surface area contributed by atoms with Crippen LogP contribution in [0.15, 0.2) is 23.5 Å². The Balaban J connectivity index is 3.36. The lowest BCUT2D eigenvalue weighted by molar-refractivity contribution is 0.0894. The highest BCUT2D eigenvalue weighted by Gasteiger charge is 2.05. The normalized spacial score (nSPS) is 11.4. The second-order valence-corrected chi connectivity index (χ2v) is 2.61. The van der Waals surface area contributed by atoms with Gasteiger partial charge < -0.3 is 9.94 Å². The number of hydrogen-bond acceptors (Lipinski definition) is 4. The largest absolute Gasteiger partial charge is 0.504 e. The van der Waals surface area contributed by atoms with E-state index in [0.717, 1.165) is 0 Å². The molecule has 1 N–H and O–H groups in total. The highest BCUT2D eigenvalue weighted by atomic mass is 16.6. The Morgan fingerprint density at radius 3 is 3.00 bits per heavy atom. The van der Waals surface area contributed by atoms with Gasteiger partial charge in [-0.25, -0.2) is 0 Å². The summed E-state index contributed by atoms with van der Waals surface area (Å²) < 4.78 is 1.25. The fraction of sp³-hybridized carbons (Fsp3) is 0.333. The lowest BCUT2D eigenvalue weighted by atomic mass is 10.4. The van der Waals surface area contributed by atoms with Crippen LogP contribution < -0.4 is 5.49 Å². The van der Waals surface area contributed by atoms with E-state index in [1.165, 1.54) is 23.9 Å². The summed E-state index contributed by atoms with van der Waals surface area (Å²) in [6.45, 7) is 1.73. The second-order valence-electron chi connectivity index (χ2n) is 2.61. The van der Waals surface area contributed by atoms with E-state index in [4.69, 9.17) is 0 Å². The van der Waals surface area contributed by atoms with Gasteiger partial charge in [0.15, 0.2) is 5.75 Å². The lowest BCUT2D eigenvalue weighted by Gasteiger charge is -2.04. The molecular formula is C9H12N2O3. The van der Waals surface area contributed by atoms with Crippen molar-refractivity contribution in [1.29, 1.82) is 0 Å². The van der Waals surface area contributed by atoms with Crippen LogP contribution in [0.5, 0.6) is 5.75 Å². The molecule has 5 heteroatoms. The van der Waals surface area contributed by atoms with Crippen LogP contribution in [-0.4, -0.2) is 22.7 Å². The Morgan fingerprint density at radius 2 is 2.43 bits per heavy atom. The molecule has 0 aliphatic rings. The summed E-state index contributed by atoms with van der Waals surface area (Å²) in [5, 5.41) is 13.0. The van der Waals surface area contributed by atoms with Crippen molar-refractivity contribution >= 4 is 5.91 Å². The summed E-state index contributed by atoms with van der Waals surface area (Å²) >= 11 is 0. The molecule has 1 aromatic heterocycles. The molecule has 0 aromatic carbocycles. The summed E-state index contributed by atoms with van der Waals surface area (Å²) in [5.41, 5.74) is 0.113. The molecule has 0 atom stereocenters. The van der Waals surface area contributed by atoms with Gasteiger partial charge in [-0.2, -0.15) is 0 Å². The zero-order chi connectivity index (χ0) is 10.6. The van der Waals surface area contributed by atoms with Crippen LogP contribution >= 0.6 is 0 Å². The molecule has 0 aliphatic heterocycles. The Bertz CT molecular complexity index is 395. The van der Waals surface area contributed by atoms with Crippen molar-refractivity contribution < 1.29 is 14.7 Å². The zero-order valence-corrected chi connectivity index (χ0v) is 8.10. The van der Waals surface area contributed by atoms with E-state index in [9.17, 15) is 9.90 Å². The first-order valence-electron chi connectivity index (χ1n) is 4.21. The van der Waals surface area contributed by atoms with Crippen molar-refractivity contribution in [2.45, 2.75) is 13.3 Å². The van der Waals surface area contributed by atoms with Crippen LogP contribution in [-0.2, 0) is 4.84 Å². The van der Waals surface area contributed by atoms with Gasteiger partial charge >= 0.3 is 0 Å². The molecule has 0 radical (unpaired) electrons. The van der Waals surface area contributed by atoms with Gasteiger partial charge in [-0.3, -0.25) is 9.36 Å². The van der Waals surface area contributed by atoms with Crippen LogP contribution in [0.3, 0.4) is 0 Å². The van der Waals surface area contributed by atoms with Gasteiger partial charge in [0.1, 0.15) is 7.11 Å². The number of aromatic nitrogens is 1. The predicted octanol–water partition coefficient (Wildman–Crippen LogP) is 0.706. The zero-order valence-electron chi connectivity index (χ0n) is 8.10. The minimum atomic E-state index is -0.156. The Labute approximate surface area is 81.2 Å². The topological polar surface area (TPSA) is 63.8 Å². The van der Waals surface area contributed by atoms with E-state index in [2.05, 4.69) is 9.99 Å². The monoisotopic (exact) mass is 196 g/mol. The van der Waals surface area contributed by atoms with Crippen molar-refractivity contribution in [3.8, 4) is 5.75 Å². The van der Waals surface area contributed by atoms with Gasteiger partial charge in [0.05, 0.1) is 0 Å². The van der Waals surface area contributed by atoms with Crippen molar-refractivity contribution in [1.82, 2.24) is 4.57 Å². The molecular weight excluding hydrogens is 184 g/mol. The molecule has 0 saturated heterocycles. The molecule has 14 heavy (non-hydrogen) atoms. The summed E-state index contributed by atoms with van der Waals surface area (Å²) in [7, 11) is 1.35. The molecule has 1 heterocycles. The third-order valence-electron chi connectivity index (χ3n) is 1.70. The van der Waals surface area contributed by atoms with Gasteiger partial charge in [0.2, 0.25) is 11.4 Å². The Kier molecular flexibility index (Phi) is 3.28. The first kappa shape index (κ1) is 10.3.